The third-order valence-electron chi connectivity index (χ3n) is 9.62. The number of aromatic nitrogens is 3. The Kier molecular flexibility index (Phi) is 5.87. The molecule has 10 aromatic rings. The Bertz CT molecular complexity index is 2800. The van der Waals surface area contributed by atoms with Crippen molar-refractivity contribution in [2.45, 2.75) is 0 Å². The summed E-state index contributed by atoms with van der Waals surface area (Å²) in [7, 11) is 0. The lowest BCUT2D eigenvalue weighted by Crippen LogP contribution is -1.95. The molecule has 8 aromatic carbocycles. The maximum Gasteiger partial charge on any atom is 0.160 e. The zero-order valence-corrected chi connectivity index (χ0v) is 25.9. The molecule has 3 nitrogen and oxygen atoms in total. The predicted molar refractivity (Wildman–Crippen MR) is 201 cm³/mol. The van der Waals surface area contributed by atoms with Crippen LogP contribution in [0.3, 0.4) is 0 Å². The lowest BCUT2D eigenvalue weighted by molar-refractivity contribution is 1.23. The summed E-state index contributed by atoms with van der Waals surface area (Å²) < 4.78 is 0. The summed E-state index contributed by atoms with van der Waals surface area (Å²) in [6.07, 6.45) is 0. The first-order valence-electron chi connectivity index (χ1n) is 16.3. The first-order chi connectivity index (χ1) is 23.8. The van der Waals surface area contributed by atoms with Crippen LogP contribution in [0.15, 0.2) is 164 Å². The number of rotatable bonds is 3. The van der Waals surface area contributed by atoms with E-state index < -0.39 is 0 Å². The van der Waals surface area contributed by atoms with Crippen LogP contribution in [0.2, 0.25) is 0 Å². The molecule has 0 unspecified atom stereocenters. The van der Waals surface area contributed by atoms with Crippen LogP contribution in [0.25, 0.3) is 98.8 Å². The van der Waals surface area contributed by atoms with Crippen molar-refractivity contribution in [1.82, 2.24) is 15.0 Å². The molecule has 0 spiro atoms. The summed E-state index contributed by atoms with van der Waals surface area (Å²) in [5.41, 5.74) is 8.31. The van der Waals surface area contributed by atoms with E-state index in [2.05, 4.69) is 158 Å². The molecule has 0 aliphatic heterocycles. The first kappa shape index (κ1) is 26.7. The molecule has 0 atom stereocenters. The van der Waals surface area contributed by atoms with Gasteiger partial charge in [0.25, 0.3) is 0 Å². The predicted octanol–water partition coefficient (Wildman–Crippen LogP) is 11.8. The molecule has 0 aliphatic carbocycles. The molecule has 0 amide bonds. The van der Waals surface area contributed by atoms with E-state index in [1.165, 1.54) is 27.1 Å². The highest BCUT2D eigenvalue weighted by Crippen LogP contribution is 2.40. The highest BCUT2D eigenvalue weighted by Gasteiger charge is 2.17. The Morgan fingerprint density at radius 2 is 0.833 bits per heavy atom. The van der Waals surface area contributed by atoms with E-state index in [1.54, 1.807) is 0 Å². The van der Waals surface area contributed by atoms with Crippen LogP contribution >= 0.6 is 0 Å². The number of benzene rings is 8. The van der Waals surface area contributed by atoms with E-state index in [4.69, 9.17) is 15.0 Å². The number of hydrogen-bond donors (Lipinski definition) is 0. The Balaban J connectivity index is 1.18. The molecule has 0 radical (unpaired) electrons. The van der Waals surface area contributed by atoms with Crippen molar-refractivity contribution >= 4 is 65.0 Å². The monoisotopic (exact) mass is 609 g/mol. The molecule has 222 valence electrons. The zero-order valence-electron chi connectivity index (χ0n) is 25.9. The Labute approximate surface area is 276 Å². The average molecular weight is 610 g/mol. The highest BCUT2D eigenvalue weighted by atomic mass is 14.9. The second kappa shape index (κ2) is 10.5. The zero-order chi connectivity index (χ0) is 31.6. The second-order valence-electron chi connectivity index (χ2n) is 12.4. The lowest BCUT2D eigenvalue weighted by Gasteiger charge is -2.15. The van der Waals surface area contributed by atoms with Crippen molar-refractivity contribution in [1.29, 1.82) is 0 Å². The van der Waals surface area contributed by atoms with Crippen molar-refractivity contribution in [2.24, 2.45) is 0 Å². The van der Waals surface area contributed by atoms with E-state index >= 15 is 0 Å². The summed E-state index contributed by atoms with van der Waals surface area (Å²) in [6, 6.07) is 58.0. The fourth-order valence-corrected chi connectivity index (χ4v) is 7.27. The third-order valence-corrected chi connectivity index (χ3v) is 9.62. The molecule has 0 saturated heterocycles. The maximum atomic E-state index is 5.36. The van der Waals surface area contributed by atoms with Gasteiger partial charge in [-0.1, -0.05) is 152 Å². The molecule has 0 N–H and O–H groups in total. The van der Waals surface area contributed by atoms with E-state index in [-0.39, 0.29) is 0 Å². The van der Waals surface area contributed by atoms with Gasteiger partial charge in [0.1, 0.15) is 0 Å². The number of para-hydroxylation sites is 1. The molecule has 0 fully saturated rings. The number of hydrogen-bond acceptors (Lipinski definition) is 3. The number of fused-ring (bicyclic) bond motifs is 8. The minimum absolute atomic E-state index is 0.725. The molecule has 3 heteroatoms. The van der Waals surface area contributed by atoms with Crippen molar-refractivity contribution in [3.05, 3.63) is 164 Å². The molecular formula is C45H27N3. The van der Waals surface area contributed by atoms with Gasteiger partial charge in [-0.3, -0.25) is 0 Å². The van der Waals surface area contributed by atoms with Gasteiger partial charge in [0.05, 0.1) is 22.2 Å². The van der Waals surface area contributed by atoms with Crippen LogP contribution in [0.4, 0.5) is 0 Å². The summed E-state index contributed by atoms with van der Waals surface area (Å²) in [6.45, 7) is 0. The van der Waals surface area contributed by atoms with Gasteiger partial charge in [-0.25, -0.2) is 15.0 Å². The van der Waals surface area contributed by atoms with Crippen LogP contribution in [0.5, 0.6) is 0 Å². The van der Waals surface area contributed by atoms with Gasteiger partial charge >= 0.3 is 0 Å². The summed E-state index contributed by atoms with van der Waals surface area (Å²) in [4.78, 5) is 15.6. The Morgan fingerprint density at radius 3 is 1.52 bits per heavy atom. The fourth-order valence-electron chi connectivity index (χ4n) is 7.27. The van der Waals surface area contributed by atoms with Crippen LogP contribution in [0, 0.1) is 0 Å². The maximum absolute atomic E-state index is 5.36. The van der Waals surface area contributed by atoms with Gasteiger partial charge in [0.15, 0.2) is 5.82 Å². The molecule has 2 aromatic heterocycles. The van der Waals surface area contributed by atoms with Gasteiger partial charge in [-0.05, 0) is 39.2 Å². The van der Waals surface area contributed by atoms with Gasteiger partial charge in [-0.2, -0.15) is 0 Å². The molecule has 10 rings (SSSR count). The van der Waals surface area contributed by atoms with E-state index in [0.717, 1.165) is 71.7 Å². The van der Waals surface area contributed by atoms with Gasteiger partial charge in [0, 0.05) is 43.6 Å². The lowest BCUT2D eigenvalue weighted by atomic mass is 9.92. The number of nitrogens with zero attached hydrogens (tertiary/aromatic N) is 3. The SMILES string of the molecule is c1ccc2cc(-c3nc(-c4ccc(-c5c6ccc7ccccc7c6nc6c5ccc5ccccc56)cc4)c4ccccc4n3)ccc2c1. The summed E-state index contributed by atoms with van der Waals surface area (Å²) in [5.74, 6) is 0.725. The number of pyridine rings is 1. The molecule has 48 heavy (non-hydrogen) atoms. The minimum Gasteiger partial charge on any atom is -0.246 e. The summed E-state index contributed by atoms with van der Waals surface area (Å²) >= 11 is 0. The van der Waals surface area contributed by atoms with Crippen molar-refractivity contribution in [3.8, 4) is 33.8 Å². The topological polar surface area (TPSA) is 38.7 Å². The standard InChI is InChI=1S/C45H27N3/c1-2-12-33-27-34(22-17-28(33)9-1)45-46-40-16-8-7-15-37(40)42(48-45)32-20-18-31(19-21-32)41-38-25-23-29-10-3-5-13-35(29)43(38)47-44-36-14-6-4-11-30(36)24-26-39(41)44/h1-27H. The first-order valence-corrected chi connectivity index (χ1v) is 16.3. The summed E-state index contributed by atoms with van der Waals surface area (Å²) in [5, 5.41) is 10.4. The van der Waals surface area contributed by atoms with Gasteiger partial charge in [-0.15, -0.1) is 0 Å². The Hall–Kier alpha value is -6.45. The molecule has 0 bridgehead atoms. The molecular weight excluding hydrogens is 583 g/mol. The van der Waals surface area contributed by atoms with Gasteiger partial charge in [0.2, 0.25) is 0 Å². The third kappa shape index (κ3) is 4.18. The minimum atomic E-state index is 0.725. The average Bonchev–Trinajstić information content (AvgIpc) is 3.16. The second-order valence-corrected chi connectivity index (χ2v) is 12.4. The van der Waals surface area contributed by atoms with E-state index in [9.17, 15) is 0 Å². The fraction of sp³-hybridized carbons (Fsp3) is 0. The van der Waals surface area contributed by atoms with Crippen molar-refractivity contribution in [2.75, 3.05) is 0 Å². The van der Waals surface area contributed by atoms with E-state index in [0.29, 0.717) is 0 Å². The van der Waals surface area contributed by atoms with Crippen LogP contribution in [-0.4, -0.2) is 15.0 Å². The normalized spacial score (nSPS) is 11.8. The van der Waals surface area contributed by atoms with E-state index in [1.807, 2.05) is 6.07 Å². The van der Waals surface area contributed by atoms with Crippen molar-refractivity contribution < 1.29 is 0 Å². The molecule has 0 aliphatic rings. The van der Waals surface area contributed by atoms with Crippen LogP contribution < -0.4 is 0 Å². The molecule has 0 saturated carbocycles. The van der Waals surface area contributed by atoms with Crippen LogP contribution in [-0.2, 0) is 0 Å². The molecule has 2 heterocycles. The van der Waals surface area contributed by atoms with Crippen LogP contribution in [0.1, 0.15) is 0 Å². The quantitative estimate of drug-likeness (QED) is 0.148. The van der Waals surface area contributed by atoms with Gasteiger partial charge < -0.3 is 0 Å². The van der Waals surface area contributed by atoms with Crippen molar-refractivity contribution in [3.63, 3.8) is 0 Å². The smallest absolute Gasteiger partial charge is 0.160 e. The Morgan fingerprint density at radius 1 is 0.312 bits per heavy atom. The highest BCUT2D eigenvalue weighted by molar-refractivity contribution is 6.21. The largest absolute Gasteiger partial charge is 0.246 e.